The zero-order valence-electron chi connectivity index (χ0n) is 11.4. The number of para-hydroxylation sites is 1. The Morgan fingerprint density at radius 2 is 2.05 bits per heavy atom. The molecule has 1 unspecified atom stereocenters. The highest BCUT2D eigenvalue weighted by molar-refractivity contribution is 7.10. The predicted octanol–water partition coefficient (Wildman–Crippen LogP) is 2.89. The fourth-order valence-electron chi connectivity index (χ4n) is 2.12. The molecule has 0 fully saturated rings. The van der Waals surface area contributed by atoms with Crippen LogP contribution in [0.2, 0.25) is 0 Å². The molecule has 0 amide bonds. The van der Waals surface area contributed by atoms with E-state index in [0.717, 1.165) is 18.8 Å². The van der Waals surface area contributed by atoms with Crippen molar-refractivity contribution in [1.29, 1.82) is 0 Å². The van der Waals surface area contributed by atoms with Gasteiger partial charge in [-0.15, -0.1) is 11.3 Å². The molecule has 102 valence electrons. The Hall–Kier alpha value is -1.36. The number of nitrogens with zero attached hydrogens (tertiary/aromatic N) is 1. The summed E-state index contributed by atoms with van der Waals surface area (Å²) in [6.45, 7) is 1.67. The van der Waals surface area contributed by atoms with E-state index >= 15 is 0 Å². The minimum Gasteiger partial charge on any atom is -0.496 e. The van der Waals surface area contributed by atoms with Crippen LogP contribution in [0.15, 0.2) is 41.8 Å². The van der Waals surface area contributed by atoms with Gasteiger partial charge < -0.3 is 15.4 Å². The summed E-state index contributed by atoms with van der Waals surface area (Å²) in [6, 6.07) is 12.3. The van der Waals surface area contributed by atoms with E-state index in [1.54, 1.807) is 18.4 Å². The van der Waals surface area contributed by atoms with Crippen LogP contribution in [-0.2, 0) is 6.54 Å². The average molecular weight is 276 g/mol. The molecule has 0 saturated heterocycles. The maximum atomic E-state index is 6.20. The lowest BCUT2D eigenvalue weighted by molar-refractivity contribution is 0.299. The third-order valence-electron chi connectivity index (χ3n) is 3.05. The van der Waals surface area contributed by atoms with Crippen LogP contribution in [0.4, 0.5) is 0 Å². The van der Waals surface area contributed by atoms with Gasteiger partial charge in [0.05, 0.1) is 13.2 Å². The standard InChI is InChI=1S/C15H20N2OS/c1-17(11-13(16)15-8-5-9-19-15)10-12-6-3-4-7-14(12)18-2/h3-9,13H,10-11,16H2,1-2H3. The second kappa shape index (κ2) is 6.70. The van der Waals surface area contributed by atoms with Gasteiger partial charge in [0, 0.05) is 23.5 Å². The smallest absolute Gasteiger partial charge is 0.123 e. The fraction of sp³-hybridized carbons (Fsp3) is 0.333. The Morgan fingerprint density at radius 1 is 1.26 bits per heavy atom. The molecule has 1 atom stereocenters. The highest BCUT2D eigenvalue weighted by Gasteiger charge is 2.12. The number of rotatable bonds is 6. The summed E-state index contributed by atoms with van der Waals surface area (Å²) < 4.78 is 5.37. The third-order valence-corrected chi connectivity index (χ3v) is 4.05. The molecule has 0 aliphatic rings. The van der Waals surface area contributed by atoms with Gasteiger partial charge >= 0.3 is 0 Å². The molecule has 1 heterocycles. The Kier molecular flexibility index (Phi) is 4.96. The molecule has 0 saturated carbocycles. The molecule has 0 aliphatic carbocycles. The normalized spacial score (nSPS) is 12.6. The van der Waals surface area contributed by atoms with E-state index in [-0.39, 0.29) is 6.04 Å². The summed E-state index contributed by atoms with van der Waals surface area (Å²) in [5.41, 5.74) is 7.39. The second-order valence-electron chi connectivity index (χ2n) is 4.63. The lowest BCUT2D eigenvalue weighted by Gasteiger charge is -2.21. The molecule has 2 N–H and O–H groups in total. The maximum Gasteiger partial charge on any atom is 0.123 e. The number of likely N-dealkylation sites (N-methyl/N-ethyl adjacent to an activating group) is 1. The fourth-order valence-corrected chi connectivity index (χ4v) is 2.84. The van der Waals surface area contributed by atoms with Crippen molar-refractivity contribution in [2.24, 2.45) is 5.73 Å². The Bertz CT molecular complexity index is 499. The number of hydrogen-bond acceptors (Lipinski definition) is 4. The van der Waals surface area contributed by atoms with Gasteiger partial charge in [0.1, 0.15) is 5.75 Å². The van der Waals surface area contributed by atoms with Crippen molar-refractivity contribution >= 4 is 11.3 Å². The van der Waals surface area contributed by atoms with Crippen molar-refractivity contribution in [3.63, 3.8) is 0 Å². The van der Waals surface area contributed by atoms with Crippen molar-refractivity contribution < 1.29 is 4.74 Å². The first kappa shape index (κ1) is 14.1. The van der Waals surface area contributed by atoms with Gasteiger partial charge in [0.15, 0.2) is 0 Å². The minimum absolute atomic E-state index is 0.0692. The first-order chi connectivity index (χ1) is 9.20. The van der Waals surface area contributed by atoms with Crippen LogP contribution in [0, 0.1) is 0 Å². The molecule has 0 aliphatic heterocycles. The summed E-state index contributed by atoms with van der Waals surface area (Å²) in [5.74, 6) is 0.930. The van der Waals surface area contributed by atoms with Crippen molar-refractivity contribution in [2.75, 3.05) is 20.7 Å². The number of thiophene rings is 1. The molecule has 3 nitrogen and oxygen atoms in total. The number of hydrogen-bond donors (Lipinski definition) is 1. The Labute approximate surface area is 118 Å². The van der Waals surface area contributed by atoms with Gasteiger partial charge in [-0.2, -0.15) is 0 Å². The van der Waals surface area contributed by atoms with Gasteiger partial charge in [0.25, 0.3) is 0 Å². The van der Waals surface area contributed by atoms with Crippen molar-refractivity contribution in [2.45, 2.75) is 12.6 Å². The molecule has 0 radical (unpaired) electrons. The third kappa shape index (κ3) is 3.80. The van der Waals surface area contributed by atoms with Crippen LogP contribution >= 0.6 is 11.3 Å². The molecule has 4 heteroatoms. The number of benzene rings is 1. The predicted molar refractivity (Wildman–Crippen MR) is 80.6 cm³/mol. The van der Waals surface area contributed by atoms with Gasteiger partial charge in [-0.1, -0.05) is 24.3 Å². The first-order valence-electron chi connectivity index (χ1n) is 6.30. The van der Waals surface area contributed by atoms with E-state index in [4.69, 9.17) is 10.5 Å². The summed E-state index contributed by atoms with van der Waals surface area (Å²) >= 11 is 1.71. The average Bonchev–Trinajstić information content (AvgIpc) is 2.93. The Balaban J connectivity index is 1.95. The minimum atomic E-state index is 0.0692. The van der Waals surface area contributed by atoms with Gasteiger partial charge in [-0.05, 0) is 24.6 Å². The summed E-state index contributed by atoms with van der Waals surface area (Å²) in [7, 11) is 3.79. The van der Waals surface area contributed by atoms with Gasteiger partial charge in [-0.25, -0.2) is 0 Å². The van der Waals surface area contributed by atoms with E-state index < -0.39 is 0 Å². The molecular weight excluding hydrogens is 256 g/mol. The van der Waals surface area contributed by atoms with E-state index in [2.05, 4.69) is 29.5 Å². The van der Waals surface area contributed by atoms with Crippen LogP contribution < -0.4 is 10.5 Å². The second-order valence-corrected chi connectivity index (χ2v) is 5.61. The molecular formula is C15H20N2OS. The highest BCUT2D eigenvalue weighted by Crippen LogP contribution is 2.21. The number of methoxy groups -OCH3 is 1. The number of ether oxygens (including phenoxy) is 1. The van der Waals surface area contributed by atoms with Crippen LogP contribution in [0.3, 0.4) is 0 Å². The molecule has 0 spiro atoms. The lowest BCUT2D eigenvalue weighted by atomic mass is 10.1. The summed E-state index contributed by atoms with van der Waals surface area (Å²) in [5, 5.41) is 2.06. The molecule has 19 heavy (non-hydrogen) atoms. The molecule has 2 aromatic rings. The SMILES string of the molecule is COc1ccccc1CN(C)CC(N)c1cccs1. The molecule has 2 rings (SSSR count). The largest absolute Gasteiger partial charge is 0.496 e. The van der Waals surface area contributed by atoms with Gasteiger partial charge in [0.2, 0.25) is 0 Å². The molecule has 1 aromatic heterocycles. The quantitative estimate of drug-likeness (QED) is 0.881. The molecule has 1 aromatic carbocycles. The van der Waals surface area contributed by atoms with Crippen molar-refractivity contribution in [3.05, 3.63) is 52.2 Å². The summed E-state index contributed by atoms with van der Waals surface area (Å²) in [6.07, 6.45) is 0. The van der Waals surface area contributed by atoms with E-state index in [0.29, 0.717) is 0 Å². The van der Waals surface area contributed by atoms with Gasteiger partial charge in [-0.3, -0.25) is 0 Å². The monoisotopic (exact) mass is 276 g/mol. The lowest BCUT2D eigenvalue weighted by Crippen LogP contribution is -2.28. The highest BCUT2D eigenvalue weighted by atomic mass is 32.1. The topological polar surface area (TPSA) is 38.5 Å². The maximum absolute atomic E-state index is 6.20. The number of nitrogens with two attached hydrogens (primary N) is 1. The van der Waals surface area contributed by atoms with E-state index in [1.807, 2.05) is 24.3 Å². The van der Waals surface area contributed by atoms with Crippen LogP contribution in [-0.4, -0.2) is 25.6 Å². The van der Waals surface area contributed by atoms with E-state index in [1.165, 1.54) is 10.4 Å². The first-order valence-corrected chi connectivity index (χ1v) is 7.18. The van der Waals surface area contributed by atoms with Crippen LogP contribution in [0.1, 0.15) is 16.5 Å². The zero-order chi connectivity index (χ0) is 13.7. The molecule has 0 bridgehead atoms. The van der Waals surface area contributed by atoms with Crippen LogP contribution in [0.25, 0.3) is 0 Å². The van der Waals surface area contributed by atoms with E-state index in [9.17, 15) is 0 Å². The summed E-state index contributed by atoms with van der Waals surface area (Å²) in [4.78, 5) is 3.45. The van der Waals surface area contributed by atoms with Crippen molar-refractivity contribution in [1.82, 2.24) is 4.90 Å². The Morgan fingerprint density at radius 3 is 2.74 bits per heavy atom. The van der Waals surface area contributed by atoms with Crippen molar-refractivity contribution in [3.8, 4) is 5.75 Å². The zero-order valence-corrected chi connectivity index (χ0v) is 12.2. The van der Waals surface area contributed by atoms with Crippen LogP contribution in [0.5, 0.6) is 5.75 Å².